The van der Waals surface area contributed by atoms with Crippen molar-refractivity contribution in [1.82, 2.24) is 15.0 Å². The number of H-pyrrole nitrogens is 1. The van der Waals surface area contributed by atoms with Gasteiger partial charge in [-0.1, -0.05) is 0 Å². The summed E-state index contributed by atoms with van der Waals surface area (Å²) in [5.41, 5.74) is 3.15. The number of nitrogens with zero attached hydrogens (tertiary/aromatic N) is 2. The summed E-state index contributed by atoms with van der Waals surface area (Å²) >= 11 is 3.12. The van der Waals surface area contributed by atoms with E-state index in [2.05, 4.69) is 33.3 Å². The highest BCUT2D eigenvalue weighted by Crippen LogP contribution is 2.30. The zero-order chi connectivity index (χ0) is 15.8. The van der Waals surface area contributed by atoms with Crippen molar-refractivity contribution in [3.05, 3.63) is 52.5 Å². The Morgan fingerprint density at radius 1 is 1.26 bits per heavy atom. The summed E-state index contributed by atoms with van der Waals surface area (Å²) in [7, 11) is 0. The van der Waals surface area contributed by atoms with Crippen LogP contribution in [-0.4, -0.2) is 20.9 Å². The summed E-state index contributed by atoms with van der Waals surface area (Å²) in [6, 6.07) is 9.48. The smallest absolute Gasteiger partial charge is 0.257 e. The molecule has 23 heavy (non-hydrogen) atoms. The number of hydrogen-bond acceptors (Lipinski definition) is 5. The molecular weight excluding hydrogens is 328 g/mol. The second kappa shape index (κ2) is 5.60. The first kappa shape index (κ1) is 14.1. The van der Waals surface area contributed by atoms with Crippen LogP contribution in [0.15, 0.2) is 42.0 Å². The molecule has 2 N–H and O–H groups in total. The van der Waals surface area contributed by atoms with E-state index in [1.165, 1.54) is 16.2 Å². The molecule has 0 saturated heterocycles. The van der Waals surface area contributed by atoms with Crippen LogP contribution in [0, 0.1) is 6.92 Å². The normalized spacial score (nSPS) is 11.0. The van der Waals surface area contributed by atoms with E-state index in [9.17, 15) is 4.79 Å². The second-order valence-corrected chi connectivity index (χ2v) is 7.18. The molecule has 1 amide bonds. The van der Waals surface area contributed by atoms with E-state index < -0.39 is 0 Å². The monoisotopic (exact) mass is 340 g/mol. The van der Waals surface area contributed by atoms with E-state index >= 15 is 0 Å². The molecule has 0 saturated carbocycles. The maximum atomic E-state index is 12.4. The lowest BCUT2D eigenvalue weighted by Gasteiger charge is -2.01. The van der Waals surface area contributed by atoms with Crippen LogP contribution in [0.2, 0.25) is 0 Å². The quantitative estimate of drug-likeness (QED) is 0.584. The summed E-state index contributed by atoms with van der Waals surface area (Å²) < 4.78 is 0. The standard InChI is InChI=1S/C16H12N4OS2/c1-9-2-5-14(23-9)13-7-22-16(19-13)20-15(21)10-3-4-11-12(6-10)18-8-17-11/h2-8H,1H3,(H,17,18)(H,19,20,21). The van der Waals surface area contributed by atoms with Gasteiger partial charge in [0.1, 0.15) is 0 Å². The highest BCUT2D eigenvalue weighted by Gasteiger charge is 2.11. The summed E-state index contributed by atoms with van der Waals surface area (Å²) in [5.74, 6) is -0.176. The number of imidazole rings is 1. The number of benzene rings is 1. The lowest BCUT2D eigenvalue weighted by molar-refractivity contribution is 0.102. The van der Waals surface area contributed by atoms with Crippen LogP contribution < -0.4 is 5.32 Å². The van der Waals surface area contributed by atoms with Crippen molar-refractivity contribution in [3.8, 4) is 10.6 Å². The molecule has 4 rings (SSSR count). The van der Waals surface area contributed by atoms with Gasteiger partial charge in [-0.15, -0.1) is 22.7 Å². The molecule has 4 aromatic rings. The molecular formula is C16H12N4OS2. The highest BCUT2D eigenvalue weighted by atomic mass is 32.1. The van der Waals surface area contributed by atoms with E-state index in [0.29, 0.717) is 10.7 Å². The molecule has 3 heterocycles. The zero-order valence-electron chi connectivity index (χ0n) is 12.2. The molecule has 0 fully saturated rings. The molecule has 0 spiro atoms. The fourth-order valence-corrected chi connectivity index (χ4v) is 3.87. The number of rotatable bonds is 3. The molecule has 0 aliphatic rings. The number of nitrogens with one attached hydrogen (secondary N) is 2. The Kier molecular flexibility index (Phi) is 3.44. The second-order valence-electron chi connectivity index (χ2n) is 5.04. The van der Waals surface area contributed by atoms with E-state index in [0.717, 1.165) is 21.6 Å². The number of thiazole rings is 1. The Balaban J connectivity index is 1.55. The first-order chi connectivity index (χ1) is 11.2. The molecule has 0 aliphatic carbocycles. The third-order valence-electron chi connectivity index (χ3n) is 3.40. The lowest BCUT2D eigenvalue weighted by Crippen LogP contribution is -2.11. The van der Waals surface area contributed by atoms with Crippen molar-refractivity contribution >= 4 is 44.7 Å². The Hall–Kier alpha value is -2.51. The van der Waals surface area contributed by atoms with Crippen molar-refractivity contribution in [2.24, 2.45) is 0 Å². The minimum absolute atomic E-state index is 0.176. The van der Waals surface area contributed by atoms with Gasteiger partial charge in [0.25, 0.3) is 5.91 Å². The maximum absolute atomic E-state index is 12.4. The van der Waals surface area contributed by atoms with Crippen LogP contribution in [0.25, 0.3) is 21.6 Å². The Bertz CT molecular complexity index is 998. The Morgan fingerprint density at radius 2 is 2.17 bits per heavy atom. The Morgan fingerprint density at radius 3 is 3.00 bits per heavy atom. The molecule has 1 aromatic carbocycles. The topological polar surface area (TPSA) is 70.7 Å². The van der Waals surface area contributed by atoms with Crippen LogP contribution in [0.5, 0.6) is 0 Å². The van der Waals surface area contributed by atoms with Gasteiger partial charge in [0.2, 0.25) is 0 Å². The third kappa shape index (κ3) is 2.76. The average Bonchev–Trinajstić information content (AvgIpc) is 3.26. The molecule has 0 bridgehead atoms. The zero-order valence-corrected chi connectivity index (χ0v) is 13.8. The molecule has 3 aromatic heterocycles. The maximum Gasteiger partial charge on any atom is 0.257 e. The first-order valence-electron chi connectivity index (χ1n) is 6.96. The van der Waals surface area contributed by atoms with Crippen LogP contribution in [-0.2, 0) is 0 Å². The number of amides is 1. The fourth-order valence-electron chi connectivity index (χ4n) is 2.26. The van der Waals surface area contributed by atoms with Gasteiger partial charge in [-0.3, -0.25) is 10.1 Å². The number of hydrogen-bond donors (Lipinski definition) is 2. The molecule has 7 heteroatoms. The van der Waals surface area contributed by atoms with Crippen molar-refractivity contribution in [3.63, 3.8) is 0 Å². The van der Waals surface area contributed by atoms with Gasteiger partial charge < -0.3 is 4.98 Å². The fraction of sp³-hybridized carbons (Fsp3) is 0.0625. The summed E-state index contributed by atoms with van der Waals surface area (Å²) in [5, 5.41) is 5.41. The number of carbonyl (C=O) groups excluding carboxylic acids is 1. The van der Waals surface area contributed by atoms with Gasteiger partial charge in [-0.25, -0.2) is 9.97 Å². The van der Waals surface area contributed by atoms with Crippen molar-refractivity contribution < 1.29 is 4.79 Å². The number of fused-ring (bicyclic) bond motifs is 1. The van der Waals surface area contributed by atoms with Gasteiger partial charge in [0, 0.05) is 15.8 Å². The van der Waals surface area contributed by atoms with Gasteiger partial charge in [-0.05, 0) is 37.3 Å². The predicted molar refractivity (Wildman–Crippen MR) is 94.2 cm³/mol. The van der Waals surface area contributed by atoms with E-state index in [-0.39, 0.29) is 5.91 Å². The largest absolute Gasteiger partial charge is 0.345 e. The van der Waals surface area contributed by atoms with E-state index in [1.807, 2.05) is 17.5 Å². The number of aromatic amines is 1. The van der Waals surface area contributed by atoms with Gasteiger partial charge in [0.15, 0.2) is 5.13 Å². The minimum Gasteiger partial charge on any atom is -0.345 e. The molecule has 5 nitrogen and oxygen atoms in total. The van der Waals surface area contributed by atoms with Crippen LogP contribution in [0.3, 0.4) is 0 Å². The van der Waals surface area contributed by atoms with E-state index in [1.54, 1.807) is 29.8 Å². The number of carbonyl (C=O) groups is 1. The molecule has 0 radical (unpaired) electrons. The number of anilines is 1. The molecule has 0 unspecified atom stereocenters. The van der Waals surface area contributed by atoms with Crippen molar-refractivity contribution in [2.45, 2.75) is 6.92 Å². The summed E-state index contributed by atoms with van der Waals surface area (Å²) in [6.07, 6.45) is 1.61. The molecule has 114 valence electrons. The van der Waals surface area contributed by atoms with Crippen molar-refractivity contribution in [2.75, 3.05) is 5.32 Å². The molecule has 0 atom stereocenters. The predicted octanol–water partition coefficient (Wildman–Crippen LogP) is 4.31. The number of thiophene rings is 1. The van der Waals surface area contributed by atoms with Gasteiger partial charge in [-0.2, -0.15) is 0 Å². The first-order valence-corrected chi connectivity index (χ1v) is 8.65. The summed E-state index contributed by atoms with van der Waals surface area (Å²) in [4.78, 5) is 26.3. The van der Waals surface area contributed by atoms with Crippen LogP contribution >= 0.6 is 22.7 Å². The number of aromatic nitrogens is 3. The highest BCUT2D eigenvalue weighted by molar-refractivity contribution is 7.17. The molecule has 0 aliphatic heterocycles. The van der Waals surface area contributed by atoms with Gasteiger partial charge in [0.05, 0.1) is 27.9 Å². The SMILES string of the molecule is Cc1ccc(-c2csc(NC(=O)c3ccc4nc[nH]c4c3)n2)s1. The van der Waals surface area contributed by atoms with Crippen LogP contribution in [0.1, 0.15) is 15.2 Å². The average molecular weight is 340 g/mol. The van der Waals surface area contributed by atoms with Gasteiger partial charge >= 0.3 is 0 Å². The van der Waals surface area contributed by atoms with E-state index in [4.69, 9.17) is 0 Å². The minimum atomic E-state index is -0.176. The van der Waals surface area contributed by atoms with Crippen LogP contribution in [0.4, 0.5) is 5.13 Å². The number of aryl methyl sites for hydroxylation is 1. The lowest BCUT2D eigenvalue weighted by atomic mass is 10.2. The third-order valence-corrected chi connectivity index (χ3v) is 5.18. The summed E-state index contributed by atoms with van der Waals surface area (Å²) in [6.45, 7) is 2.06. The Labute approximate surface area is 140 Å². The van der Waals surface area contributed by atoms with Crippen molar-refractivity contribution in [1.29, 1.82) is 0 Å².